The molecule has 1 fully saturated rings. The molecule has 1 amide bonds. The highest BCUT2D eigenvalue weighted by Crippen LogP contribution is 2.23. The minimum absolute atomic E-state index is 0.137. The molecule has 426 valence electrons. The summed E-state index contributed by atoms with van der Waals surface area (Å²) in [6.45, 7) is 3.85. The number of aliphatic hydroxyl groups is 5. The third-order valence-corrected chi connectivity index (χ3v) is 15.3. The number of rotatable bonds is 55. The van der Waals surface area contributed by atoms with Crippen molar-refractivity contribution in [3.8, 4) is 0 Å². The van der Waals surface area contributed by atoms with Gasteiger partial charge >= 0.3 is 0 Å². The summed E-state index contributed by atoms with van der Waals surface area (Å²) in [5.41, 5.74) is 0. The van der Waals surface area contributed by atoms with Crippen LogP contribution in [0.3, 0.4) is 0 Å². The van der Waals surface area contributed by atoms with Gasteiger partial charge < -0.3 is 40.3 Å². The second-order valence-electron chi connectivity index (χ2n) is 22.2. The van der Waals surface area contributed by atoms with Crippen LogP contribution in [-0.2, 0) is 14.3 Å². The predicted molar refractivity (Wildman–Crippen MR) is 304 cm³/mol. The van der Waals surface area contributed by atoms with Gasteiger partial charge in [-0.3, -0.25) is 4.79 Å². The maximum Gasteiger partial charge on any atom is 0.220 e. The summed E-state index contributed by atoms with van der Waals surface area (Å²) in [7, 11) is 0. The number of nitrogens with one attached hydrogen (secondary N) is 1. The average Bonchev–Trinajstić information content (AvgIpc) is 3.38. The summed E-state index contributed by atoms with van der Waals surface area (Å²) in [6.07, 6.45) is 60.8. The van der Waals surface area contributed by atoms with Crippen molar-refractivity contribution in [1.29, 1.82) is 0 Å². The molecule has 1 rings (SSSR count). The third-order valence-electron chi connectivity index (χ3n) is 15.3. The van der Waals surface area contributed by atoms with Crippen molar-refractivity contribution in [3.05, 3.63) is 24.3 Å². The van der Waals surface area contributed by atoms with Gasteiger partial charge in [-0.25, -0.2) is 0 Å². The molecule has 0 radical (unpaired) electrons. The van der Waals surface area contributed by atoms with Crippen LogP contribution >= 0.6 is 0 Å². The Hall–Kier alpha value is -1.33. The molecule has 9 nitrogen and oxygen atoms in total. The Balaban J connectivity index is 2.13. The van der Waals surface area contributed by atoms with Gasteiger partial charge in [0.2, 0.25) is 5.91 Å². The molecule has 7 unspecified atom stereocenters. The van der Waals surface area contributed by atoms with Gasteiger partial charge in [0, 0.05) is 6.42 Å². The normalized spacial score (nSPS) is 19.2. The Morgan fingerprint density at radius 2 is 0.819 bits per heavy atom. The molecule has 1 aliphatic rings. The van der Waals surface area contributed by atoms with Crippen LogP contribution in [0, 0.1) is 0 Å². The second-order valence-corrected chi connectivity index (χ2v) is 22.2. The average molecular weight is 1020 g/mol. The van der Waals surface area contributed by atoms with Crippen molar-refractivity contribution < 1.29 is 39.8 Å². The lowest BCUT2D eigenvalue weighted by atomic mass is 9.99. The molecule has 0 saturated carbocycles. The van der Waals surface area contributed by atoms with E-state index < -0.39 is 49.5 Å². The van der Waals surface area contributed by atoms with Gasteiger partial charge in [-0.1, -0.05) is 289 Å². The Bertz CT molecular complexity index is 1180. The lowest BCUT2D eigenvalue weighted by molar-refractivity contribution is -0.302. The number of allylic oxidation sites excluding steroid dienone is 4. The number of carbonyl (C=O) groups excluding carboxylic acids is 1. The molecule has 0 bridgehead atoms. The smallest absolute Gasteiger partial charge is 0.220 e. The minimum Gasteiger partial charge on any atom is -0.394 e. The number of unbranched alkanes of at least 4 members (excludes halogenated alkanes) is 41. The fourth-order valence-corrected chi connectivity index (χ4v) is 10.3. The summed E-state index contributed by atoms with van der Waals surface area (Å²) in [5, 5.41) is 54.8. The Kier molecular flexibility index (Phi) is 50.6. The van der Waals surface area contributed by atoms with Crippen LogP contribution in [0.15, 0.2) is 24.3 Å². The summed E-state index contributed by atoms with van der Waals surface area (Å²) in [5.74, 6) is -0.144. The number of hydrogen-bond donors (Lipinski definition) is 6. The van der Waals surface area contributed by atoms with E-state index in [9.17, 15) is 30.3 Å². The fraction of sp³-hybridized carbons (Fsp3) is 0.921. The Morgan fingerprint density at radius 3 is 1.22 bits per heavy atom. The first-order chi connectivity index (χ1) is 35.3. The fourth-order valence-electron chi connectivity index (χ4n) is 10.3. The SMILES string of the molecule is CCCCC/C=C\C/C=C\CCCCCCCCCCCC(=O)NC(COC1OC(CO)C(O)C(O)C1O)C(O)CCCCCCCCCCCCCCCCCCCCCCCCCCCCCCCC. The molecule has 7 atom stereocenters. The molecule has 1 heterocycles. The summed E-state index contributed by atoms with van der Waals surface area (Å²) >= 11 is 0. The molecule has 72 heavy (non-hydrogen) atoms. The van der Waals surface area contributed by atoms with E-state index in [4.69, 9.17) is 9.47 Å². The van der Waals surface area contributed by atoms with Crippen molar-refractivity contribution in [2.75, 3.05) is 13.2 Å². The molecule has 0 spiro atoms. The largest absolute Gasteiger partial charge is 0.394 e. The topological polar surface area (TPSA) is 149 Å². The Morgan fingerprint density at radius 1 is 0.472 bits per heavy atom. The van der Waals surface area contributed by atoms with Crippen molar-refractivity contribution in [1.82, 2.24) is 5.32 Å². The van der Waals surface area contributed by atoms with Crippen molar-refractivity contribution in [2.45, 2.75) is 358 Å². The standard InChI is InChI=1S/C63H121NO8/c1-3-5-7-9-11-13-15-17-19-21-23-24-25-26-27-28-29-30-31-32-33-35-36-38-40-42-44-46-48-50-52-57(66)56(55-71-63-62(70)61(69)60(68)58(54-65)72-63)64-59(67)53-51-49-47-45-43-41-39-37-34-22-20-18-16-14-12-10-8-6-4-2/h12,14,18,20,56-58,60-63,65-66,68-70H,3-11,13,15-17,19,21-55H2,1-2H3,(H,64,67)/b14-12-,20-18-. The zero-order chi connectivity index (χ0) is 52.2. The highest BCUT2D eigenvalue weighted by Gasteiger charge is 2.44. The predicted octanol–water partition coefficient (Wildman–Crippen LogP) is 16.1. The zero-order valence-electron chi connectivity index (χ0n) is 47.5. The molecule has 0 aromatic rings. The third kappa shape index (κ3) is 41.9. The van der Waals surface area contributed by atoms with E-state index in [1.807, 2.05) is 0 Å². The first kappa shape index (κ1) is 68.7. The maximum absolute atomic E-state index is 13.1. The highest BCUT2D eigenvalue weighted by atomic mass is 16.7. The highest BCUT2D eigenvalue weighted by molar-refractivity contribution is 5.76. The van der Waals surface area contributed by atoms with Gasteiger partial charge in [0.05, 0.1) is 25.4 Å². The molecule has 0 aromatic heterocycles. The van der Waals surface area contributed by atoms with Crippen LogP contribution in [0.4, 0.5) is 0 Å². The molecular weight excluding hydrogens is 899 g/mol. The quantitative estimate of drug-likeness (QED) is 0.0261. The van der Waals surface area contributed by atoms with Gasteiger partial charge in [-0.05, 0) is 44.9 Å². The monoisotopic (exact) mass is 1020 g/mol. The van der Waals surface area contributed by atoms with E-state index in [0.717, 1.165) is 44.9 Å². The van der Waals surface area contributed by atoms with Crippen molar-refractivity contribution in [3.63, 3.8) is 0 Å². The van der Waals surface area contributed by atoms with Crippen LogP contribution in [-0.4, -0.2) is 87.5 Å². The first-order valence-electron chi connectivity index (χ1n) is 31.5. The van der Waals surface area contributed by atoms with Crippen molar-refractivity contribution >= 4 is 5.91 Å². The molecule has 6 N–H and O–H groups in total. The molecular formula is C63H121NO8. The summed E-state index contributed by atoms with van der Waals surface area (Å²) in [6, 6.07) is -0.721. The van der Waals surface area contributed by atoms with Gasteiger partial charge in [0.25, 0.3) is 0 Å². The molecule has 0 aliphatic carbocycles. The van der Waals surface area contributed by atoms with Crippen LogP contribution in [0.1, 0.15) is 316 Å². The number of amides is 1. The van der Waals surface area contributed by atoms with E-state index >= 15 is 0 Å². The summed E-state index contributed by atoms with van der Waals surface area (Å²) in [4.78, 5) is 13.1. The number of carbonyl (C=O) groups is 1. The number of aliphatic hydroxyl groups excluding tert-OH is 5. The van der Waals surface area contributed by atoms with Crippen LogP contribution < -0.4 is 5.32 Å². The van der Waals surface area contributed by atoms with E-state index in [1.54, 1.807) is 0 Å². The lowest BCUT2D eigenvalue weighted by Gasteiger charge is -2.40. The van der Waals surface area contributed by atoms with Gasteiger partial charge in [0.15, 0.2) is 6.29 Å². The van der Waals surface area contributed by atoms with Crippen LogP contribution in [0.2, 0.25) is 0 Å². The second kappa shape index (κ2) is 53.1. The number of ether oxygens (including phenoxy) is 2. The molecule has 1 saturated heterocycles. The van der Waals surface area contributed by atoms with E-state index in [2.05, 4.69) is 43.5 Å². The minimum atomic E-state index is -1.55. The zero-order valence-corrected chi connectivity index (χ0v) is 47.5. The van der Waals surface area contributed by atoms with Crippen molar-refractivity contribution in [2.24, 2.45) is 0 Å². The first-order valence-corrected chi connectivity index (χ1v) is 31.5. The molecule has 9 heteroatoms. The van der Waals surface area contributed by atoms with E-state index in [0.29, 0.717) is 12.8 Å². The molecule has 0 aromatic carbocycles. The van der Waals surface area contributed by atoms with Gasteiger partial charge in [-0.2, -0.15) is 0 Å². The summed E-state index contributed by atoms with van der Waals surface area (Å²) < 4.78 is 11.3. The van der Waals surface area contributed by atoms with E-state index in [1.165, 1.54) is 244 Å². The van der Waals surface area contributed by atoms with Crippen LogP contribution in [0.5, 0.6) is 0 Å². The van der Waals surface area contributed by atoms with Gasteiger partial charge in [0.1, 0.15) is 24.4 Å². The maximum atomic E-state index is 13.1. The van der Waals surface area contributed by atoms with E-state index in [-0.39, 0.29) is 12.5 Å². The lowest BCUT2D eigenvalue weighted by Crippen LogP contribution is -2.60. The Labute approximate surface area is 445 Å². The number of hydrogen-bond acceptors (Lipinski definition) is 8. The van der Waals surface area contributed by atoms with Gasteiger partial charge in [-0.15, -0.1) is 0 Å². The van der Waals surface area contributed by atoms with Crippen LogP contribution in [0.25, 0.3) is 0 Å². The molecule has 1 aliphatic heterocycles.